The van der Waals surface area contributed by atoms with Crippen molar-refractivity contribution in [3.63, 3.8) is 0 Å². The predicted octanol–water partition coefficient (Wildman–Crippen LogP) is 2.57. The zero-order valence-corrected chi connectivity index (χ0v) is 16.3. The molecule has 1 unspecified atom stereocenters. The summed E-state index contributed by atoms with van der Waals surface area (Å²) in [5, 5.41) is 6.05. The fraction of sp³-hybridized carbons (Fsp3) is 0.611. The molecule has 30 heavy (non-hydrogen) atoms. The van der Waals surface area contributed by atoms with Crippen LogP contribution < -0.4 is 24.8 Å². The lowest BCUT2D eigenvalue weighted by molar-refractivity contribution is -0.143. The van der Waals surface area contributed by atoms with Gasteiger partial charge in [-0.25, -0.2) is 0 Å². The number of ether oxygens (including phenoxy) is 3. The Morgan fingerprint density at radius 1 is 1.27 bits per heavy atom. The zero-order chi connectivity index (χ0) is 21.7. The monoisotopic (exact) mass is 438 g/mol. The van der Waals surface area contributed by atoms with Gasteiger partial charge in [-0.3, -0.25) is 9.89 Å². The highest BCUT2D eigenvalue weighted by atomic mass is 19.4. The number of hydrogen-bond donors (Lipinski definition) is 2. The summed E-state index contributed by atoms with van der Waals surface area (Å²) in [6.07, 6.45) is -3.56. The van der Waals surface area contributed by atoms with Crippen LogP contribution in [-0.4, -0.2) is 63.7 Å². The summed E-state index contributed by atoms with van der Waals surface area (Å²) >= 11 is 0. The molecule has 12 heteroatoms. The lowest BCUT2D eigenvalue weighted by Crippen LogP contribution is -2.40. The van der Waals surface area contributed by atoms with E-state index in [0.717, 1.165) is 0 Å². The first-order chi connectivity index (χ1) is 14.2. The van der Waals surface area contributed by atoms with Crippen LogP contribution in [-0.2, 0) is 6.54 Å². The second-order valence-electron chi connectivity index (χ2n) is 7.00. The minimum Gasteiger partial charge on any atom is -0.454 e. The third kappa shape index (κ3) is 6.25. The molecule has 1 aromatic carbocycles. The van der Waals surface area contributed by atoms with Gasteiger partial charge in [0.05, 0.1) is 6.54 Å². The molecule has 1 atom stereocenters. The molecule has 0 amide bonds. The minimum atomic E-state index is -4.21. The molecule has 0 aromatic heterocycles. The van der Waals surface area contributed by atoms with Gasteiger partial charge in [-0.05, 0) is 24.9 Å². The van der Waals surface area contributed by atoms with Crippen molar-refractivity contribution < 1.29 is 36.2 Å². The van der Waals surface area contributed by atoms with Crippen LogP contribution in [0.15, 0.2) is 17.1 Å². The number of nitrogens with zero attached hydrogens (tertiary/aromatic N) is 2. The number of halogens is 5. The molecule has 0 spiro atoms. The molecule has 0 aliphatic carbocycles. The molecule has 2 aliphatic rings. The first kappa shape index (κ1) is 22.2. The normalized spacial score (nSPS) is 19.4. The van der Waals surface area contributed by atoms with E-state index in [2.05, 4.69) is 20.4 Å². The van der Waals surface area contributed by atoms with E-state index < -0.39 is 19.3 Å². The van der Waals surface area contributed by atoms with Crippen LogP contribution in [0.1, 0.15) is 12.0 Å². The Bertz CT molecular complexity index is 760. The molecule has 0 radical (unpaired) electrons. The molecule has 2 heterocycles. The van der Waals surface area contributed by atoms with E-state index in [-0.39, 0.29) is 25.0 Å². The van der Waals surface area contributed by atoms with Crippen LogP contribution in [0.2, 0.25) is 0 Å². The fourth-order valence-electron chi connectivity index (χ4n) is 3.43. The number of hydrogen-bond acceptors (Lipinski definition) is 5. The van der Waals surface area contributed by atoms with Gasteiger partial charge in [0.15, 0.2) is 17.5 Å². The van der Waals surface area contributed by atoms with E-state index in [9.17, 15) is 22.0 Å². The van der Waals surface area contributed by atoms with Gasteiger partial charge in [0.25, 0.3) is 0 Å². The Hall–Kier alpha value is -2.50. The zero-order valence-electron chi connectivity index (χ0n) is 16.3. The topological polar surface area (TPSA) is 67.4 Å². The molecule has 1 aromatic rings. The average Bonchev–Trinajstić information content (AvgIpc) is 3.28. The molecular formula is C18H23F5N4O3. The Kier molecular flexibility index (Phi) is 7.06. The standard InChI is InChI=1S/C18H23F5N4O3/c1-24-17(25-6-11-2-3-27(8-11)9-18(21,22)23)26-7-12-4-14-15(29-10-28-14)5-13(12)30-16(19)20/h4-5,11,16H,2-3,6-10H2,1H3,(H2,24,25,26). The molecule has 3 rings (SSSR count). The van der Waals surface area contributed by atoms with Crippen molar-refractivity contribution in [3.8, 4) is 17.2 Å². The van der Waals surface area contributed by atoms with Gasteiger partial charge in [0, 0.05) is 38.3 Å². The van der Waals surface area contributed by atoms with Crippen molar-refractivity contribution in [3.05, 3.63) is 17.7 Å². The van der Waals surface area contributed by atoms with E-state index in [1.165, 1.54) is 18.0 Å². The maximum atomic E-state index is 12.7. The van der Waals surface area contributed by atoms with Gasteiger partial charge in [0.2, 0.25) is 6.79 Å². The number of likely N-dealkylation sites (tertiary alicyclic amines) is 1. The van der Waals surface area contributed by atoms with Crippen LogP contribution in [0.3, 0.4) is 0 Å². The smallest absolute Gasteiger partial charge is 0.401 e. The van der Waals surface area contributed by atoms with Crippen molar-refractivity contribution >= 4 is 5.96 Å². The predicted molar refractivity (Wildman–Crippen MR) is 98.0 cm³/mol. The molecule has 0 saturated carbocycles. The Labute approximate surface area is 170 Å². The summed E-state index contributed by atoms with van der Waals surface area (Å²) in [6.45, 7) is -2.62. The average molecular weight is 438 g/mol. The summed E-state index contributed by atoms with van der Waals surface area (Å²) < 4.78 is 77.9. The highest BCUT2D eigenvalue weighted by Crippen LogP contribution is 2.38. The first-order valence-corrected chi connectivity index (χ1v) is 9.34. The van der Waals surface area contributed by atoms with E-state index in [0.29, 0.717) is 49.1 Å². The van der Waals surface area contributed by atoms with Crippen LogP contribution in [0.25, 0.3) is 0 Å². The number of alkyl halides is 5. The van der Waals surface area contributed by atoms with E-state index >= 15 is 0 Å². The Morgan fingerprint density at radius 2 is 2.00 bits per heavy atom. The van der Waals surface area contributed by atoms with Gasteiger partial charge < -0.3 is 24.8 Å². The van der Waals surface area contributed by atoms with E-state index in [4.69, 9.17) is 9.47 Å². The largest absolute Gasteiger partial charge is 0.454 e. The van der Waals surface area contributed by atoms with Crippen molar-refractivity contribution in [2.75, 3.05) is 40.0 Å². The highest BCUT2D eigenvalue weighted by molar-refractivity contribution is 5.79. The van der Waals surface area contributed by atoms with Gasteiger partial charge in [0.1, 0.15) is 5.75 Å². The molecular weight excluding hydrogens is 415 g/mol. The van der Waals surface area contributed by atoms with Crippen molar-refractivity contribution in [1.82, 2.24) is 15.5 Å². The number of fused-ring (bicyclic) bond motifs is 1. The highest BCUT2D eigenvalue weighted by Gasteiger charge is 2.34. The molecule has 2 N–H and O–H groups in total. The third-order valence-corrected chi connectivity index (χ3v) is 4.77. The number of rotatable bonds is 7. The van der Waals surface area contributed by atoms with Crippen LogP contribution in [0, 0.1) is 5.92 Å². The number of aliphatic imine (C=N–C) groups is 1. The first-order valence-electron chi connectivity index (χ1n) is 9.34. The van der Waals surface area contributed by atoms with Gasteiger partial charge in [-0.1, -0.05) is 0 Å². The summed E-state index contributed by atoms with van der Waals surface area (Å²) in [6, 6.07) is 2.89. The SMILES string of the molecule is CN=C(NCc1cc2c(cc1OC(F)F)OCO2)NCC1CCN(CC(F)(F)F)C1. The number of nitrogens with one attached hydrogen (secondary N) is 2. The number of benzene rings is 1. The third-order valence-electron chi connectivity index (χ3n) is 4.77. The summed E-state index contributed by atoms with van der Waals surface area (Å²) in [4.78, 5) is 5.44. The van der Waals surface area contributed by atoms with Crippen LogP contribution in [0.5, 0.6) is 17.2 Å². The summed E-state index contributed by atoms with van der Waals surface area (Å²) in [7, 11) is 1.54. The summed E-state index contributed by atoms with van der Waals surface area (Å²) in [5.74, 6) is 1.14. The molecule has 1 fully saturated rings. The van der Waals surface area contributed by atoms with Crippen LogP contribution in [0.4, 0.5) is 22.0 Å². The van der Waals surface area contributed by atoms with Crippen molar-refractivity contribution in [1.29, 1.82) is 0 Å². The maximum Gasteiger partial charge on any atom is 0.401 e. The minimum absolute atomic E-state index is 0.00367. The molecule has 7 nitrogen and oxygen atoms in total. The quantitative estimate of drug-likeness (QED) is 0.388. The van der Waals surface area contributed by atoms with E-state index in [1.807, 2.05) is 0 Å². The van der Waals surface area contributed by atoms with E-state index in [1.54, 1.807) is 6.07 Å². The van der Waals surface area contributed by atoms with Gasteiger partial charge >= 0.3 is 12.8 Å². The summed E-state index contributed by atoms with van der Waals surface area (Å²) in [5.41, 5.74) is 0.416. The Balaban J connectivity index is 1.52. The van der Waals surface area contributed by atoms with Gasteiger partial charge in [-0.2, -0.15) is 22.0 Å². The van der Waals surface area contributed by atoms with Crippen LogP contribution >= 0.6 is 0 Å². The molecule has 168 valence electrons. The lowest BCUT2D eigenvalue weighted by Gasteiger charge is -2.19. The molecule has 2 aliphatic heterocycles. The Morgan fingerprint density at radius 3 is 2.67 bits per heavy atom. The lowest BCUT2D eigenvalue weighted by atomic mass is 10.1. The number of guanidine groups is 1. The van der Waals surface area contributed by atoms with Crippen molar-refractivity contribution in [2.45, 2.75) is 25.8 Å². The maximum absolute atomic E-state index is 12.7. The molecule has 0 bridgehead atoms. The van der Waals surface area contributed by atoms with Crippen molar-refractivity contribution in [2.24, 2.45) is 10.9 Å². The molecule has 1 saturated heterocycles. The van der Waals surface area contributed by atoms with Gasteiger partial charge in [-0.15, -0.1) is 0 Å². The second kappa shape index (κ2) is 9.54. The fourth-order valence-corrected chi connectivity index (χ4v) is 3.43. The second-order valence-corrected chi connectivity index (χ2v) is 7.00.